The van der Waals surface area contributed by atoms with E-state index < -0.39 is 5.82 Å². The summed E-state index contributed by atoms with van der Waals surface area (Å²) in [5.41, 5.74) is 7.92. The smallest absolute Gasteiger partial charge is 0.320 e. The fourth-order valence-electron chi connectivity index (χ4n) is 2.77. The van der Waals surface area contributed by atoms with Crippen molar-refractivity contribution >= 4 is 17.0 Å². The largest absolute Gasteiger partial charge is 0.506 e. The Labute approximate surface area is 158 Å². The number of fused-ring (bicyclic) bond motifs is 1. The molecule has 4 rings (SSSR count). The van der Waals surface area contributed by atoms with Crippen molar-refractivity contribution in [1.82, 2.24) is 29.5 Å². The molecule has 0 unspecified atom stereocenters. The van der Waals surface area contributed by atoms with Crippen molar-refractivity contribution in [3.05, 3.63) is 48.3 Å². The van der Waals surface area contributed by atoms with Gasteiger partial charge in [-0.3, -0.25) is 9.97 Å². The topological polar surface area (TPSA) is 125 Å². The van der Waals surface area contributed by atoms with Gasteiger partial charge in [-0.15, -0.1) is 0 Å². The molecule has 0 amide bonds. The molecule has 28 heavy (non-hydrogen) atoms. The maximum absolute atomic E-state index is 13.7. The van der Waals surface area contributed by atoms with E-state index in [1.807, 2.05) is 6.92 Å². The molecule has 0 radical (unpaired) electrons. The fourth-order valence-corrected chi connectivity index (χ4v) is 2.77. The Morgan fingerprint density at radius 3 is 2.75 bits per heavy atom. The van der Waals surface area contributed by atoms with Crippen LogP contribution in [-0.2, 0) is 6.54 Å². The van der Waals surface area contributed by atoms with E-state index in [-0.39, 0.29) is 24.1 Å². The molecule has 0 aromatic carbocycles. The van der Waals surface area contributed by atoms with E-state index in [2.05, 4.69) is 24.9 Å². The summed E-state index contributed by atoms with van der Waals surface area (Å²) in [5, 5.41) is 9.46. The minimum Gasteiger partial charge on any atom is -0.506 e. The molecule has 0 saturated heterocycles. The number of nitrogen functional groups attached to an aromatic ring is 1. The lowest BCUT2D eigenvalue weighted by Gasteiger charge is -2.09. The number of anilines is 1. The lowest BCUT2D eigenvalue weighted by molar-refractivity contribution is 0.314. The summed E-state index contributed by atoms with van der Waals surface area (Å²) in [6, 6.07) is 4.64. The number of imidazole rings is 1. The Morgan fingerprint density at radius 2 is 2.04 bits per heavy atom. The van der Waals surface area contributed by atoms with E-state index in [0.29, 0.717) is 34.9 Å². The van der Waals surface area contributed by atoms with E-state index in [4.69, 9.17) is 10.5 Å². The van der Waals surface area contributed by atoms with Crippen molar-refractivity contribution in [2.75, 3.05) is 12.3 Å². The van der Waals surface area contributed by atoms with Gasteiger partial charge in [0.1, 0.15) is 17.4 Å². The van der Waals surface area contributed by atoms with Crippen LogP contribution in [-0.4, -0.2) is 41.2 Å². The van der Waals surface area contributed by atoms with Crippen LogP contribution in [0.3, 0.4) is 0 Å². The third-order valence-electron chi connectivity index (χ3n) is 3.97. The lowest BCUT2D eigenvalue weighted by Crippen LogP contribution is -2.07. The van der Waals surface area contributed by atoms with Crippen LogP contribution in [0.25, 0.3) is 22.6 Å². The van der Waals surface area contributed by atoms with Crippen molar-refractivity contribution in [2.45, 2.75) is 13.5 Å². The van der Waals surface area contributed by atoms with Gasteiger partial charge in [-0.1, -0.05) is 0 Å². The summed E-state index contributed by atoms with van der Waals surface area (Å²) >= 11 is 0. The molecule has 4 heterocycles. The SMILES string of the molecule is CCOc1nc(N)c2nc(-c3cncc(F)c3)n(Cc3ccc(O)cn3)c2n1. The summed E-state index contributed by atoms with van der Waals surface area (Å²) in [6.45, 7) is 2.44. The van der Waals surface area contributed by atoms with Crippen LogP contribution in [0.4, 0.5) is 10.2 Å². The molecular formula is C18H16FN7O2. The lowest BCUT2D eigenvalue weighted by atomic mass is 10.2. The second-order valence-corrected chi connectivity index (χ2v) is 5.92. The van der Waals surface area contributed by atoms with Gasteiger partial charge in [-0.25, -0.2) is 9.37 Å². The highest BCUT2D eigenvalue weighted by molar-refractivity contribution is 5.85. The van der Waals surface area contributed by atoms with Crippen LogP contribution in [0.5, 0.6) is 11.8 Å². The zero-order chi connectivity index (χ0) is 19.7. The van der Waals surface area contributed by atoms with Gasteiger partial charge in [0, 0.05) is 11.8 Å². The van der Waals surface area contributed by atoms with E-state index in [0.717, 1.165) is 6.20 Å². The van der Waals surface area contributed by atoms with Crippen molar-refractivity contribution in [2.24, 2.45) is 0 Å². The number of nitrogens with zero attached hydrogens (tertiary/aromatic N) is 6. The van der Waals surface area contributed by atoms with Gasteiger partial charge < -0.3 is 20.1 Å². The normalized spacial score (nSPS) is 11.1. The number of hydrogen-bond acceptors (Lipinski definition) is 8. The molecule has 0 saturated carbocycles. The number of nitrogens with two attached hydrogens (primary N) is 1. The molecule has 0 atom stereocenters. The monoisotopic (exact) mass is 381 g/mol. The van der Waals surface area contributed by atoms with Crippen LogP contribution in [0.15, 0.2) is 36.8 Å². The van der Waals surface area contributed by atoms with E-state index in [1.54, 1.807) is 10.6 Å². The molecule has 0 aliphatic heterocycles. The van der Waals surface area contributed by atoms with Crippen LogP contribution >= 0.6 is 0 Å². The average Bonchev–Trinajstić information content (AvgIpc) is 3.03. The Hall–Kier alpha value is -3.82. The summed E-state index contributed by atoms with van der Waals surface area (Å²) in [6.07, 6.45) is 3.95. The second-order valence-electron chi connectivity index (χ2n) is 5.92. The van der Waals surface area contributed by atoms with Crippen molar-refractivity contribution in [3.63, 3.8) is 0 Å². The Morgan fingerprint density at radius 1 is 1.18 bits per heavy atom. The molecule has 3 N–H and O–H groups in total. The quantitative estimate of drug-likeness (QED) is 0.539. The number of hydrogen-bond donors (Lipinski definition) is 2. The van der Waals surface area contributed by atoms with E-state index in [9.17, 15) is 9.50 Å². The molecule has 142 valence electrons. The highest BCUT2D eigenvalue weighted by Gasteiger charge is 2.19. The summed E-state index contributed by atoms with van der Waals surface area (Å²) in [7, 11) is 0. The van der Waals surface area contributed by atoms with Gasteiger partial charge in [0.15, 0.2) is 17.0 Å². The van der Waals surface area contributed by atoms with Gasteiger partial charge in [-0.05, 0) is 25.1 Å². The minimum atomic E-state index is -0.493. The highest BCUT2D eigenvalue weighted by atomic mass is 19.1. The van der Waals surface area contributed by atoms with Gasteiger partial charge in [-0.2, -0.15) is 9.97 Å². The van der Waals surface area contributed by atoms with Crippen molar-refractivity contribution in [1.29, 1.82) is 0 Å². The third-order valence-corrected chi connectivity index (χ3v) is 3.97. The molecule has 0 aliphatic rings. The van der Waals surface area contributed by atoms with Crippen molar-refractivity contribution in [3.8, 4) is 23.1 Å². The van der Waals surface area contributed by atoms with Crippen LogP contribution in [0.1, 0.15) is 12.6 Å². The zero-order valence-electron chi connectivity index (χ0n) is 14.9. The Kier molecular flexibility index (Phi) is 4.44. The van der Waals surface area contributed by atoms with Gasteiger partial charge >= 0.3 is 6.01 Å². The third kappa shape index (κ3) is 3.27. The van der Waals surface area contributed by atoms with Crippen molar-refractivity contribution < 1.29 is 14.2 Å². The van der Waals surface area contributed by atoms with Crippen LogP contribution in [0, 0.1) is 5.82 Å². The number of pyridine rings is 2. The van der Waals surface area contributed by atoms with Gasteiger partial charge in [0.05, 0.1) is 31.2 Å². The number of rotatable bonds is 5. The van der Waals surface area contributed by atoms with Crippen LogP contribution in [0.2, 0.25) is 0 Å². The summed E-state index contributed by atoms with van der Waals surface area (Å²) < 4.78 is 20.9. The van der Waals surface area contributed by atoms with Gasteiger partial charge in [0.2, 0.25) is 0 Å². The van der Waals surface area contributed by atoms with E-state index >= 15 is 0 Å². The molecule has 4 aromatic heterocycles. The maximum atomic E-state index is 13.7. The first-order valence-electron chi connectivity index (χ1n) is 8.46. The Bertz CT molecular complexity index is 1140. The number of aromatic nitrogens is 6. The van der Waals surface area contributed by atoms with E-state index in [1.165, 1.54) is 24.5 Å². The number of ether oxygens (including phenoxy) is 1. The summed E-state index contributed by atoms with van der Waals surface area (Å²) in [5.74, 6) is 0.120. The molecule has 0 fully saturated rings. The average molecular weight is 381 g/mol. The molecule has 10 heteroatoms. The second kappa shape index (κ2) is 7.06. The highest BCUT2D eigenvalue weighted by Crippen LogP contribution is 2.28. The fraction of sp³-hybridized carbons (Fsp3) is 0.167. The zero-order valence-corrected chi connectivity index (χ0v) is 14.9. The number of aromatic hydroxyl groups is 1. The predicted molar refractivity (Wildman–Crippen MR) is 99.1 cm³/mol. The first-order chi connectivity index (χ1) is 13.5. The Balaban J connectivity index is 1.93. The van der Waals surface area contributed by atoms with Gasteiger partial charge in [0.25, 0.3) is 0 Å². The molecule has 0 spiro atoms. The maximum Gasteiger partial charge on any atom is 0.320 e. The molecule has 0 aliphatic carbocycles. The molecule has 0 bridgehead atoms. The molecule has 9 nitrogen and oxygen atoms in total. The first kappa shape index (κ1) is 17.6. The number of halogens is 1. The molecule has 4 aromatic rings. The minimum absolute atomic E-state index is 0.0546. The first-order valence-corrected chi connectivity index (χ1v) is 8.46. The van der Waals surface area contributed by atoms with Crippen LogP contribution < -0.4 is 10.5 Å². The molecular weight excluding hydrogens is 365 g/mol. The standard InChI is InChI=1S/C18H16FN7O2/c1-2-28-18-24-15(20)14-17(25-18)26(9-12-3-4-13(27)8-22-12)16(23-14)10-5-11(19)7-21-6-10/h3-8,27H,2,9H2,1H3,(H2,20,24,25). The summed E-state index contributed by atoms with van der Waals surface area (Å²) in [4.78, 5) is 21.1. The predicted octanol–water partition coefficient (Wildman–Crippen LogP) is 2.16.